The van der Waals surface area contributed by atoms with Crippen LogP contribution in [-0.4, -0.2) is 21.4 Å². The first-order valence-electron chi connectivity index (χ1n) is 8.29. The molecule has 3 aromatic rings. The lowest BCUT2D eigenvalue weighted by atomic mass is 10.2. The Balaban J connectivity index is 1.73. The van der Waals surface area contributed by atoms with Gasteiger partial charge in [-0.3, -0.25) is 10.1 Å². The van der Waals surface area contributed by atoms with E-state index in [4.69, 9.17) is 16.3 Å². The molecule has 8 heteroatoms. The average Bonchev–Trinajstić information content (AvgIpc) is 3.07. The van der Waals surface area contributed by atoms with Crippen molar-refractivity contribution in [2.75, 3.05) is 5.32 Å². The van der Waals surface area contributed by atoms with E-state index in [2.05, 4.69) is 29.4 Å². The van der Waals surface area contributed by atoms with E-state index in [-0.39, 0.29) is 5.91 Å². The van der Waals surface area contributed by atoms with E-state index in [0.717, 1.165) is 9.90 Å². The number of carbonyl (C=O) groups is 1. The zero-order valence-electron chi connectivity index (χ0n) is 14.8. The quantitative estimate of drug-likeness (QED) is 0.403. The Kier molecular flexibility index (Phi) is 6.71. The highest BCUT2D eigenvalue weighted by atomic mass is 35.5. The predicted molar refractivity (Wildman–Crippen MR) is 111 cm³/mol. The van der Waals surface area contributed by atoms with Crippen LogP contribution in [0, 0.1) is 0 Å². The van der Waals surface area contributed by atoms with Crippen LogP contribution in [0.25, 0.3) is 0 Å². The summed E-state index contributed by atoms with van der Waals surface area (Å²) < 4.78 is 6.65. The second-order valence-corrected chi connectivity index (χ2v) is 9.15. The third-order valence-electron chi connectivity index (χ3n) is 3.39. The van der Waals surface area contributed by atoms with Gasteiger partial charge in [0, 0.05) is 10.3 Å². The van der Waals surface area contributed by atoms with Crippen molar-refractivity contribution in [3.05, 3.63) is 64.7 Å². The smallest absolute Gasteiger partial charge is 0.261 e. The number of halogens is 1. The van der Waals surface area contributed by atoms with Crippen LogP contribution in [0.4, 0.5) is 5.13 Å². The molecule has 1 heterocycles. The minimum Gasteiger partial charge on any atom is -0.488 e. The van der Waals surface area contributed by atoms with Gasteiger partial charge in [-0.15, -0.1) is 10.2 Å². The number of amides is 1. The number of ether oxygens (including phenoxy) is 1. The Morgan fingerprint density at radius 2 is 2.00 bits per heavy atom. The standard InChI is InChI=1S/C19H18ClN3O2S2/c1-12(2)26-19-23-22-18(27-19)21-17(24)15-10-14(20)8-9-16(15)25-11-13-6-4-3-5-7-13/h3-10,12H,11H2,1-2H3,(H,21,22,24). The van der Waals surface area contributed by atoms with E-state index in [1.807, 2.05) is 30.3 Å². The third-order valence-corrected chi connectivity index (χ3v) is 5.55. The summed E-state index contributed by atoms with van der Waals surface area (Å²) in [5, 5.41) is 12.2. The number of carbonyl (C=O) groups excluding carboxylic acids is 1. The number of aromatic nitrogens is 2. The van der Waals surface area contributed by atoms with Crippen molar-refractivity contribution in [2.24, 2.45) is 0 Å². The van der Waals surface area contributed by atoms with E-state index < -0.39 is 0 Å². The van der Waals surface area contributed by atoms with Crippen LogP contribution in [-0.2, 0) is 6.61 Å². The molecule has 0 radical (unpaired) electrons. The Bertz CT molecular complexity index is 916. The maximum absolute atomic E-state index is 12.7. The van der Waals surface area contributed by atoms with Crippen LogP contribution >= 0.6 is 34.7 Å². The SMILES string of the molecule is CC(C)Sc1nnc(NC(=O)c2cc(Cl)ccc2OCc2ccccc2)s1. The molecule has 2 aromatic carbocycles. The van der Waals surface area contributed by atoms with Crippen LogP contribution in [0.15, 0.2) is 52.9 Å². The predicted octanol–water partition coefficient (Wildman–Crippen LogP) is 5.52. The lowest BCUT2D eigenvalue weighted by Crippen LogP contribution is -2.13. The summed E-state index contributed by atoms with van der Waals surface area (Å²) in [6, 6.07) is 14.7. The van der Waals surface area contributed by atoms with Gasteiger partial charge in [0.2, 0.25) is 5.13 Å². The van der Waals surface area contributed by atoms with Crippen LogP contribution < -0.4 is 10.1 Å². The molecule has 1 aromatic heterocycles. The molecule has 0 aliphatic rings. The molecule has 0 aliphatic heterocycles. The summed E-state index contributed by atoms with van der Waals surface area (Å²) in [5.74, 6) is 0.125. The highest BCUT2D eigenvalue weighted by Crippen LogP contribution is 2.30. The molecule has 0 fully saturated rings. The zero-order valence-corrected chi connectivity index (χ0v) is 17.2. The van der Waals surface area contributed by atoms with Gasteiger partial charge in [0.25, 0.3) is 5.91 Å². The van der Waals surface area contributed by atoms with Gasteiger partial charge in [0.05, 0.1) is 5.56 Å². The van der Waals surface area contributed by atoms with Gasteiger partial charge in [-0.05, 0) is 23.8 Å². The van der Waals surface area contributed by atoms with Crippen molar-refractivity contribution in [1.29, 1.82) is 0 Å². The average molecular weight is 420 g/mol. The molecule has 0 atom stereocenters. The maximum atomic E-state index is 12.7. The molecule has 27 heavy (non-hydrogen) atoms. The van der Waals surface area contributed by atoms with Crippen molar-refractivity contribution in [1.82, 2.24) is 10.2 Å². The minimum absolute atomic E-state index is 0.335. The normalized spacial score (nSPS) is 10.8. The molecule has 0 spiro atoms. The Morgan fingerprint density at radius 1 is 1.22 bits per heavy atom. The molecule has 140 valence electrons. The van der Waals surface area contributed by atoms with Crippen molar-refractivity contribution < 1.29 is 9.53 Å². The van der Waals surface area contributed by atoms with Gasteiger partial charge in [-0.25, -0.2) is 0 Å². The number of rotatable bonds is 7. The molecule has 1 amide bonds. The van der Waals surface area contributed by atoms with Crippen LogP contribution in [0.5, 0.6) is 5.75 Å². The van der Waals surface area contributed by atoms with Gasteiger partial charge in [0.1, 0.15) is 12.4 Å². The summed E-state index contributed by atoms with van der Waals surface area (Å²) in [6.45, 7) is 4.51. The summed E-state index contributed by atoms with van der Waals surface area (Å²) in [6.07, 6.45) is 0. The molecule has 1 N–H and O–H groups in total. The lowest BCUT2D eigenvalue weighted by molar-refractivity contribution is 0.102. The van der Waals surface area contributed by atoms with Gasteiger partial charge in [0.15, 0.2) is 4.34 Å². The summed E-state index contributed by atoms with van der Waals surface area (Å²) in [4.78, 5) is 12.7. The number of thioether (sulfide) groups is 1. The molecule has 0 bridgehead atoms. The van der Waals surface area contributed by atoms with Gasteiger partial charge < -0.3 is 4.74 Å². The Hall–Kier alpha value is -2.09. The van der Waals surface area contributed by atoms with E-state index >= 15 is 0 Å². The first-order chi connectivity index (χ1) is 13.0. The number of hydrogen-bond acceptors (Lipinski definition) is 6. The second kappa shape index (κ2) is 9.21. The number of anilines is 1. The zero-order chi connectivity index (χ0) is 19.2. The number of hydrogen-bond donors (Lipinski definition) is 1. The third kappa shape index (κ3) is 5.69. The van der Waals surface area contributed by atoms with Crippen LogP contribution in [0.1, 0.15) is 29.8 Å². The number of benzene rings is 2. The molecule has 0 saturated heterocycles. The van der Waals surface area contributed by atoms with E-state index in [1.54, 1.807) is 30.0 Å². The van der Waals surface area contributed by atoms with Crippen LogP contribution in [0.3, 0.4) is 0 Å². The highest BCUT2D eigenvalue weighted by Gasteiger charge is 2.16. The Morgan fingerprint density at radius 3 is 2.74 bits per heavy atom. The fraction of sp³-hybridized carbons (Fsp3) is 0.211. The van der Waals surface area contributed by atoms with E-state index in [9.17, 15) is 4.79 Å². The maximum Gasteiger partial charge on any atom is 0.261 e. The lowest BCUT2D eigenvalue weighted by Gasteiger charge is -2.11. The van der Waals surface area contributed by atoms with Gasteiger partial charge in [-0.2, -0.15) is 0 Å². The number of nitrogens with one attached hydrogen (secondary N) is 1. The molecule has 0 unspecified atom stereocenters. The molecular weight excluding hydrogens is 402 g/mol. The first kappa shape index (κ1) is 19.7. The molecular formula is C19H18ClN3O2S2. The molecule has 5 nitrogen and oxygen atoms in total. The monoisotopic (exact) mass is 419 g/mol. The fourth-order valence-electron chi connectivity index (χ4n) is 2.21. The van der Waals surface area contributed by atoms with Gasteiger partial charge in [-0.1, -0.05) is 78.9 Å². The summed E-state index contributed by atoms with van der Waals surface area (Å²) >= 11 is 9.02. The Labute approximate surface area is 171 Å². The van der Waals surface area contributed by atoms with Crippen LogP contribution in [0.2, 0.25) is 5.02 Å². The first-order valence-corrected chi connectivity index (χ1v) is 10.4. The minimum atomic E-state index is -0.335. The van der Waals surface area contributed by atoms with Crippen molar-refractivity contribution in [3.63, 3.8) is 0 Å². The van der Waals surface area contributed by atoms with Crippen molar-refractivity contribution >= 4 is 45.7 Å². The van der Waals surface area contributed by atoms with Crippen molar-refractivity contribution in [2.45, 2.75) is 30.0 Å². The highest BCUT2D eigenvalue weighted by molar-refractivity contribution is 8.01. The van der Waals surface area contributed by atoms with E-state index in [0.29, 0.717) is 33.3 Å². The fourth-order valence-corrected chi connectivity index (χ4v) is 4.36. The molecule has 3 rings (SSSR count). The van der Waals surface area contributed by atoms with Gasteiger partial charge >= 0.3 is 0 Å². The largest absolute Gasteiger partial charge is 0.488 e. The van der Waals surface area contributed by atoms with E-state index in [1.165, 1.54) is 11.3 Å². The number of nitrogens with zero attached hydrogens (tertiary/aromatic N) is 2. The molecule has 0 aliphatic carbocycles. The topological polar surface area (TPSA) is 64.1 Å². The molecule has 0 saturated carbocycles. The second-order valence-electron chi connectivity index (χ2n) is 5.91. The summed E-state index contributed by atoms with van der Waals surface area (Å²) in [7, 11) is 0. The van der Waals surface area contributed by atoms with Crippen molar-refractivity contribution in [3.8, 4) is 5.75 Å². The summed E-state index contributed by atoms with van der Waals surface area (Å²) in [5.41, 5.74) is 1.37.